The lowest BCUT2D eigenvalue weighted by Gasteiger charge is -2.32. The van der Waals surface area contributed by atoms with Crippen LogP contribution < -0.4 is 0 Å². The van der Waals surface area contributed by atoms with Crippen LogP contribution in [0.25, 0.3) is 0 Å². The van der Waals surface area contributed by atoms with Crippen molar-refractivity contribution in [1.82, 2.24) is 0 Å². The first kappa shape index (κ1) is 33.6. The molecule has 0 aliphatic carbocycles. The maximum absolute atomic E-state index is 12.7. The number of aliphatic hydroxyl groups excluding tert-OH is 1. The average molecular weight is 537 g/mol. The Morgan fingerprint density at radius 2 is 1.89 bits per heavy atom. The largest absolute Gasteiger partial charge is 0.465 e. The van der Waals surface area contributed by atoms with E-state index in [4.69, 9.17) is 14.2 Å². The summed E-state index contributed by atoms with van der Waals surface area (Å²) in [7, 11) is 0. The van der Waals surface area contributed by atoms with Crippen LogP contribution in [0.4, 0.5) is 0 Å². The van der Waals surface area contributed by atoms with Gasteiger partial charge in [-0.2, -0.15) is 0 Å². The van der Waals surface area contributed by atoms with E-state index in [9.17, 15) is 24.6 Å². The first-order valence-corrected chi connectivity index (χ1v) is 13.6. The molecular weight excluding hydrogens is 488 g/mol. The van der Waals surface area contributed by atoms with E-state index in [0.29, 0.717) is 19.3 Å². The average Bonchev–Trinajstić information content (AvgIpc) is 2.84. The van der Waals surface area contributed by atoms with Crippen LogP contribution in [0.15, 0.2) is 36.0 Å². The van der Waals surface area contributed by atoms with Gasteiger partial charge in [-0.05, 0) is 57.6 Å². The minimum absolute atomic E-state index is 0.0137. The highest BCUT2D eigenvalue weighted by Gasteiger charge is 2.34. The highest BCUT2D eigenvalue weighted by atomic mass is 16.6. The van der Waals surface area contributed by atoms with Gasteiger partial charge in [0.25, 0.3) is 0 Å². The quantitative estimate of drug-likeness (QED) is 0.189. The monoisotopic (exact) mass is 536 g/mol. The highest BCUT2D eigenvalue weighted by Crippen LogP contribution is 2.28. The molecule has 1 aliphatic rings. The molecule has 1 heterocycles. The third-order valence-corrected chi connectivity index (χ3v) is 6.99. The molecule has 0 unspecified atom stereocenters. The maximum atomic E-state index is 12.7. The molecule has 0 amide bonds. The molecule has 8 atom stereocenters. The van der Waals surface area contributed by atoms with Crippen LogP contribution in [-0.2, 0) is 28.6 Å². The van der Waals surface area contributed by atoms with E-state index in [1.54, 1.807) is 26.0 Å². The molecule has 0 spiro atoms. The zero-order valence-corrected chi connectivity index (χ0v) is 24.3. The zero-order valence-electron chi connectivity index (χ0n) is 24.3. The van der Waals surface area contributed by atoms with Gasteiger partial charge in [0.05, 0.1) is 18.6 Å². The molecule has 0 aromatic carbocycles. The third-order valence-electron chi connectivity index (χ3n) is 6.99. The number of ether oxygens (including phenoxy) is 3. The van der Waals surface area contributed by atoms with Crippen molar-refractivity contribution in [3.05, 3.63) is 36.0 Å². The van der Waals surface area contributed by atoms with Crippen molar-refractivity contribution in [2.75, 3.05) is 6.61 Å². The van der Waals surface area contributed by atoms with E-state index >= 15 is 0 Å². The Kier molecular flexibility index (Phi) is 14.0. The molecule has 0 aromatic rings. The Morgan fingerprint density at radius 3 is 2.50 bits per heavy atom. The van der Waals surface area contributed by atoms with Gasteiger partial charge in [-0.25, -0.2) is 0 Å². The van der Waals surface area contributed by atoms with Gasteiger partial charge < -0.3 is 24.4 Å². The minimum Gasteiger partial charge on any atom is -0.465 e. The van der Waals surface area contributed by atoms with Gasteiger partial charge in [0.15, 0.2) is 0 Å². The Bertz CT molecular complexity index is 871. The molecule has 8 heteroatoms. The third kappa shape index (κ3) is 11.5. The Morgan fingerprint density at radius 1 is 1.24 bits per heavy atom. The summed E-state index contributed by atoms with van der Waals surface area (Å²) in [5.41, 5.74) is -0.454. The number of cyclic esters (lactones) is 1. The Hall–Kier alpha value is -2.45. The molecule has 0 saturated heterocycles. The number of carbonyl (C=O) groups is 3. The second kappa shape index (κ2) is 15.8. The lowest BCUT2D eigenvalue weighted by atomic mass is 9.87. The summed E-state index contributed by atoms with van der Waals surface area (Å²) in [5, 5.41) is 20.8. The van der Waals surface area contributed by atoms with E-state index < -0.39 is 41.8 Å². The van der Waals surface area contributed by atoms with Crippen molar-refractivity contribution in [3.63, 3.8) is 0 Å². The maximum Gasteiger partial charge on any atom is 0.311 e. The molecule has 0 radical (unpaired) electrons. The Balaban J connectivity index is 3.03. The van der Waals surface area contributed by atoms with Gasteiger partial charge in [-0.15, -0.1) is 0 Å². The molecule has 8 nitrogen and oxygen atoms in total. The number of hydrogen-bond acceptors (Lipinski definition) is 8. The van der Waals surface area contributed by atoms with Gasteiger partial charge >= 0.3 is 17.9 Å². The van der Waals surface area contributed by atoms with E-state index in [1.807, 2.05) is 52.8 Å². The van der Waals surface area contributed by atoms with Gasteiger partial charge in [0.1, 0.15) is 17.8 Å². The normalized spacial score (nSPS) is 30.8. The summed E-state index contributed by atoms with van der Waals surface area (Å²) in [6.45, 7) is 14.2. The Labute approximate surface area is 228 Å². The fourth-order valence-corrected chi connectivity index (χ4v) is 4.20. The van der Waals surface area contributed by atoms with E-state index in [-0.39, 0.29) is 36.8 Å². The van der Waals surface area contributed by atoms with Gasteiger partial charge in [-0.1, -0.05) is 52.0 Å². The van der Waals surface area contributed by atoms with Crippen molar-refractivity contribution in [1.29, 1.82) is 0 Å². The number of esters is 3. The summed E-state index contributed by atoms with van der Waals surface area (Å²) >= 11 is 0. The van der Waals surface area contributed by atoms with Crippen LogP contribution in [0, 0.1) is 23.7 Å². The summed E-state index contributed by atoms with van der Waals surface area (Å²) in [6.07, 6.45) is 8.63. The summed E-state index contributed by atoms with van der Waals surface area (Å²) in [5.74, 6) is -2.11. The van der Waals surface area contributed by atoms with Crippen LogP contribution in [0.1, 0.15) is 81.1 Å². The molecule has 1 aliphatic heterocycles. The molecule has 0 fully saturated rings. The number of aliphatic hydroxyl groups is 2. The molecule has 38 heavy (non-hydrogen) atoms. The van der Waals surface area contributed by atoms with Gasteiger partial charge in [0, 0.05) is 25.2 Å². The standard InChI is InChI=1S/C30H48O8/c1-9-25(32)23(6)29(34)36-18-20(3)11-10-12-21(4)28-22(5)13-14-26(37-24(7)31)30(8,35)16-15-19(2)17-27(33)38-28/h10-14,19-20,22-23,25-26,28,32,35H,9,15-18H2,1-8H3/b11-10+,14-13+,21-12+/t19-,20-,22+,23-,25+,26+,28-,30-/m1/s1. The van der Waals surface area contributed by atoms with Crippen LogP contribution in [0.5, 0.6) is 0 Å². The summed E-state index contributed by atoms with van der Waals surface area (Å²) < 4.78 is 16.6. The van der Waals surface area contributed by atoms with Crippen LogP contribution in [-0.4, -0.2) is 58.6 Å². The predicted molar refractivity (Wildman–Crippen MR) is 146 cm³/mol. The molecule has 0 saturated carbocycles. The van der Waals surface area contributed by atoms with Crippen molar-refractivity contribution < 1.29 is 38.8 Å². The number of hydrogen-bond donors (Lipinski definition) is 2. The zero-order chi connectivity index (χ0) is 29.0. The molecule has 1 rings (SSSR count). The summed E-state index contributed by atoms with van der Waals surface area (Å²) in [6, 6.07) is 0. The lowest BCUT2D eigenvalue weighted by Crippen LogP contribution is -2.41. The summed E-state index contributed by atoms with van der Waals surface area (Å²) in [4.78, 5) is 36.5. The fourth-order valence-electron chi connectivity index (χ4n) is 4.20. The number of rotatable bonds is 9. The van der Waals surface area contributed by atoms with Crippen molar-refractivity contribution in [2.45, 2.75) is 105 Å². The number of carbonyl (C=O) groups excluding carboxylic acids is 3. The van der Waals surface area contributed by atoms with Gasteiger partial charge in [0.2, 0.25) is 0 Å². The van der Waals surface area contributed by atoms with Crippen LogP contribution in [0.3, 0.4) is 0 Å². The lowest BCUT2D eigenvalue weighted by molar-refractivity contribution is -0.156. The second-order valence-electron chi connectivity index (χ2n) is 11.1. The molecular formula is C30H48O8. The molecule has 0 aromatic heterocycles. The first-order chi connectivity index (χ1) is 17.7. The van der Waals surface area contributed by atoms with E-state index in [1.165, 1.54) is 6.92 Å². The van der Waals surface area contributed by atoms with Crippen molar-refractivity contribution in [3.8, 4) is 0 Å². The smallest absolute Gasteiger partial charge is 0.311 e. The van der Waals surface area contributed by atoms with Crippen LogP contribution in [0.2, 0.25) is 0 Å². The number of allylic oxidation sites excluding steroid dienone is 2. The second-order valence-corrected chi connectivity index (χ2v) is 11.1. The fraction of sp³-hybridized carbons (Fsp3) is 0.700. The first-order valence-electron chi connectivity index (χ1n) is 13.6. The SMILES string of the molecule is CC[C@H](O)[C@@H](C)C(=O)OC[C@H](C)/C=C/C=C(\C)[C@H]1OC(=O)C[C@H](C)CC[C@@](C)(O)[C@@H](OC(C)=O)/C=C/[C@@H]1C. The molecule has 0 bridgehead atoms. The van der Waals surface area contributed by atoms with Crippen molar-refractivity contribution >= 4 is 17.9 Å². The minimum atomic E-state index is -1.27. The molecule has 2 N–H and O–H groups in total. The van der Waals surface area contributed by atoms with E-state index in [2.05, 4.69) is 0 Å². The van der Waals surface area contributed by atoms with Crippen molar-refractivity contribution in [2.24, 2.45) is 23.7 Å². The van der Waals surface area contributed by atoms with Gasteiger partial charge in [-0.3, -0.25) is 14.4 Å². The highest BCUT2D eigenvalue weighted by molar-refractivity contribution is 5.72. The van der Waals surface area contributed by atoms with Crippen LogP contribution >= 0.6 is 0 Å². The predicted octanol–water partition coefficient (Wildman–Crippen LogP) is 4.68. The topological polar surface area (TPSA) is 119 Å². The van der Waals surface area contributed by atoms with E-state index in [0.717, 1.165) is 5.57 Å². The molecule has 216 valence electrons.